The van der Waals surface area contributed by atoms with Gasteiger partial charge in [0.1, 0.15) is 0 Å². The molecule has 3 rings (SSSR count). The molecular weight excluding hydrogens is 360 g/mol. The van der Waals surface area contributed by atoms with E-state index in [4.69, 9.17) is 0 Å². The predicted molar refractivity (Wildman–Crippen MR) is 95.4 cm³/mol. The number of sulfonamides is 1. The van der Waals surface area contributed by atoms with Crippen molar-refractivity contribution in [3.63, 3.8) is 0 Å². The van der Waals surface area contributed by atoms with Gasteiger partial charge in [-0.1, -0.05) is 18.2 Å². The molecule has 25 heavy (non-hydrogen) atoms. The first-order valence-electron chi connectivity index (χ1n) is 7.83. The highest BCUT2D eigenvalue weighted by atomic mass is 32.2. The second-order valence-corrected chi connectivity index (χ2v) is 8.64. The molecule has 6 nitrogen and oxygen atoms in total. The quantitative estimate of drug-likeness (QED) is 0.764. The molecule has 1 aromatic heterocycles. The molecule has 132 valence electrons. The maximum atomic E-state index is 12.8. The van der Waals surface area contributed by atoms with Crippen LogP contribution in [-0.2, 0) is 10.0 Å². The second kappa shape index (κ2) is 7.07. The van der Waals surface area contributed by atoms with Crippen LogP contribution < -0.4 is 0 Å². The van der Waals surface area contributed by atoms with Gasteiger partial charge in [-0.3, -0.25) is 9.59 Å². The van der Waals surface area contributed by atoms with Gasteiger partial charge in [0, 0.05) is 31.7 Å². The van der Waals surface area contributed by atoms with Crippen molar-refractivity contribution >= 4 is 33.1 Å². The Kier molecular flexibility index (Phi) is 5.03. The van der Waals surface area contributed by atoms with Crippen molar-refractivity contribution in [2.24, 2.45) is 0 Å². The van der Waals surface area contributed by atoms with Crippen molar-refractivity contribution in [3.05, 3.63) is 52.2 Å². The fraction of sp³-hybridized carbons (Fsp3) is 0.294. The van der Waals surface area contributed by atoms with Gasteiger partial charge >= 0.3 is 0 Å². The van der Waals surface area contributed by atoms with Crippen LogP contribution in [0, 0.1) is 0 Å². The van der Waals surface area contributed by atoms with E-state index >= 15 is 0 Å². The van der Waals surface area contributed by atoms with E-state index in [2.05, 4.69) is 0 Å². The first-order chi connectivity index (χ1) is 11.9. The Morgan fingerprint density at radius 2 is 1.76 bits per heavy atom. The highest BCUT2D eigenvalue weighted by Gasteiger charge is 2.30. The Labute approximate surface area is 150 Å². The Bertz CT molecular complexity index is 883. The molecule has 0 atom stereocenters. The van der Waals surface area contributed by atoms with Gasteiger partial charge in [0.2, 0.25) is 10.0 Å². The molecule has 0 bridgehead atoms. The molecule has 0 radical (unpaired) electrons. The number of hydrogen-bond acceptors (Lipinski definition) is 5. The summed E-state index contributed by atoms with van der Waals surface area (Å²) >= 11 is 1.38. The minimum Gasteiger partial charge on any atom is -0.335 e. The number of nitrogens with zero attached hydrogens (tertiary/aromatic N) is 2. The van der Waals surface area contributed by atoms with Gasteiger partial charge < -0.3 is 4.90 Å². The molecule has 1 amide bonds. The lowest BCUT2D eigenvalue weighted by Crippen LogP contribution is -2.50. The third kappa shape index (κ3) is 3.65. The average molecular weight is 378 g/mol. The van der Waals surface area contributed by atoms with Crippen molar-refractivity contribution in [2.75, 3.05) is 26.2 Å². The lowest BCUT2D eigenvalue weighted by molar-refractivity contribution is 0.0702. The molecule has 2 aromatic rings. The van der Waals surface area contributed by atoms with Crippen molar-refractivity contribution in [2.45, 2.75) is 11.8 Å². The molecule has 0 N–H and O–H groups in total. The van der Waals surface area contributed by atoms with Crippen LogP contribution in [0.5, 0.6) is 0 Å². The number of rotatable bonds is 4. The van der Waals surface area contributed by atoms with Crippen LogP contribution in [0.1, 0.15) is 27.0 Å². The number of Topliss-reactive ketones (excluding diaryl/α,β-unsaturated/α-hetero) is 1. The Balaban J connectivity index is 1.72. The van der Waals surface area contributed by atoms with E-state index in [1.165, 1.54) is 34.7 Å². The van der Waals surface area contributed by atoms with Gasteiger partial charge in [-0.05, 0) is 30.5 Å². The molecule has 1 aliphatic rings. The molecule has 1 saturated heterocycles. The standard InChI is InChI=1S/C17H18N2O4S2/c1-13(20)14-4-2-5-15(12-14)25(22,23)19-9-7-18(8-10-19)17(21)16-6-3-11-24-16/h2-6,11-12H,7-10H2,1H3. The highest BCUT2D eigenvalue weighted by molar-refractivity contribution is 7.89. The third-order valence-corrected chi connectivity index (χ3v) is 6.89. The van der Waals surface area contributed by atoms with Gasteiger partial charge in [-0.25, -0.2) is 8.42 Å². The van der Waals surface area contributed by atoms with Gasteiger partial charge in [0.05, 0.1) is 9.77 Å². The lowest BCUT2D eigenvalue weighted by Gasteiger charge is -2.33. The number of hydrogen-bond donors (Lipinski definition) is 0. The molecule has 8 heteroatoms. The van der Waals surface area contributed by atoms with Gasteiger partial charge in [-0.2, -0.15) is 4.31 Å². The van der Waals surface area contributed by atoms with E-state index in [1.54, 1.807) is 23.1 Å². The third-order valence-electron chi connectivity index (χ3n) is 4.14. The lowest BCUT2D eigenvalue weighted by atomic mass is 10.2. The molecule has 0 aliphatic carbocycles. The van der Waals surface area contributed by atoms with Crippen molar-refractivity contribution < 1.29 is 18.0 Å². The van der Waals surface area contributed by atoms with Crippen LogP contribution in [0.2, 0.25) is 0 Å². The van der Waals surface area contributed by atoms with E-state index in [1.807, 2.05) is 11.4 Å². The minimum absolute atomic E-state index is 0.0642. The predicted octanol–water partition coefficient (Wildman–Crippen LogP) is 2.10. The zero-order valence-corrected chi connectivity index (χ0v) is 15.3. The molecule has 1 aliphatic heterocycles. The molecule has 0 unspecified atom stereocenters. The summed E-state index contributed by atoms with van der Waals surface area (Å²) in [6.07, 6.45) is 0. The molecule has 1 fully saturated rings. The summed E-state index contributed by atoms with van der Waals surface area (Å²) in [4.78, 5) is 26.3. The number of ketones is 1. The summed E-state index contributed by atoms with van der Waals surface area (Å²) in [5.74, 6) is -0.242. The zero-order chi connectivity index (χ0) is 18.0. The SMILES string of the molecule is CC(=O)c1cccc(S(=O)(=O)N2CCN(C(=O)c3cccs3)CC2)c1. The fourth-order valence-electron chi connectivity index (χ4n) is 2.71. The summed E-state index contributed by atoms with van der Waals surface area (Å²) in [7, 11) is -3.68. The first-order valence-corrected chi connectivity index (χ1v) is 10.2. The average Bonchev–Trinajstić information content (AvgIpc) is 3.16. The van der Waals surface area contributed by atoms with E-state index in [0.717, 1.165) is 0 Å². The second-order valence-electron chi connectivity index (χ2n) is 5.76. The fourth-order valence-corrected chi connectivity index (χ4v) is 4.87. The Morgan fingerprint density at radius 3 is 2.36 bits per heavy atom. The van der Waals surface area contributed by atoms with Gasteiger partial charge in [0.15, 0.2) is 5.78 Å². The summed E-state index contributed by atoms with van der Waals surface area (Å²) in [6, 6.07) is 9.65. The van der Waals surface area contributed by atoms with Crippen LogP contribution in [0.15, 0.2) is 46.7 Å². The Morgan fingerprint density at radius 1 is 1.04 bits per heavy atom. The largest absolute Gasteiger partial charge is 0.335 e. The maximum Gasteiger partial charge on any atom is 0.264 e. The summed E-state index contributed by atoms with van der Waals surface area (Å²) in [5, 5.41) is 1.84. The molecule has 0 saturated carbocycles. The Hall–Kier alpha value is -2.03. The number of carbonyl (C=O) groups excluding carboxylic acids is 2. The summed E-state index contributed by atoms with van der Waals surface area (Å²) in [5.41, 5.74) is 0.368. The van der Waals surface area contributed by atoms with Gasteiger partial charge in [-0.15, -0.1) is 11.3 Å². The van der Waals surface area contributed by atoms with E-state index in [9.17, 15) is 18.0 Å². The highest BCUT2D eigenvalue weighted by Crippen LogP contribution is 2.20. The number of carbonyl (C=O) groups is 2. The van der Waals surface area contributed by atoms with Gasteiger partial charge in [0.25, 0.3) is 5.91 Å². The van der Waals surface area contributed by atoms with E-state index in [0.29, 0.717) is 23.5 Å². The van der Waals surface area contributed by atoms with Crippen molar-refractivity contribution in [3.8, 4) is 0 Å². The first kappa shape index (κ1) is 17.8. The molecule has 0 spiro atoms. The minimum atomic E-state index is -3.68. The monoisotopic (exact) mass is 378 g/mol. The number of benzene rings is 1. The smallest absolute Gasteiger partial charge is 0.264 e. The van der Waals surface area contributed by atoms with E-state index in [-0.39, 0.29) is 29.7 Å². The van der Waals surface area contributed by atoms with Crippen LogP contribution in [0.25, 0.3) is 0 Å². The maximum absolute atomic E-state index is 12.8. The summed E-state index contributed by atoms with van der Waals surface area (Å²) < 4.78 is 26.9. The van der Waals surface area contributed by atoms with Crippen molar-refractivity contribution in [1.29, 1.82) is 0 Å². The zero-order valence-electron chi connectivity index (χ0n) is 13.7. The molecule has 1 aromatic carbocycles. The van der Waals surface area contributed by atoms with Crippen LogP contribution in [0.3, 0.4) is 0 Å². The normalized spacial score (nSPS) is 16.0. The molecular formula is C17H18N2O4S2. The summed E-state index contributed by atoms with van der Waals surface area (Å²) in [6.45, 7) is 2.58. The topological polar surface area (TPSA) is 74.8 Å². The van der Waals surface area contributed by atoms with Crippen LogP contribution in [-0.4, -0.2) is 55.5 Å². The number of thiophene rings is 1. The molecule has 2 heterocycles. The van der Waals surface area contributed by atoms with Crippen LogP contribution in [0.4, 0.5) is 0 Å². The van der Waals surface area contributed by atoms with Crippen molar-refractivity contribution in [1.82, 2.24) is 9.21 Å². The van der Waals surface area contributed by atoms with Crippen LogP contribution >= 0.6 is 11.3 Å². The van der Waals surface area contributed by atoms with E-state index < -0.39 is 10.0 Å². The number of amides is 1. The number of piperazine rings is 1.